The van der Waals surface area contributed by atoms with Crippen LogP contribution < -0.4 is 4.74 Å². The lowest BCUT2D eigenvalue weighted by Crippen LogP contribution is -2.44. The molecule has 5 nitrogen and oxygen atoms in total. The largest absolute Gasteiger partial charge is 0.489 e. The number of benzene rings is 1. The van der Waals surface area contributed by atoms with Gasteiger partial charge in [-0.2, -0.15) is 0 Å². The molecule has 0 aromatic heterocycles. The topological polar surface area (TPSA) is 42.0 Å². The predicted molar refractivity (Wildman–Crippen MR) is 117 cm³/mol. The van der Waals surface area contributed by atoms with Gasteiger partial charge in [-0.3, -0.25) is 4.90 Å². The molecule has 0 bridgehead atoms. The zero-order valence-corrected chi connectivity index (χ0v) is 19.4. The molecule has 2 aliphatic rings. The highest BCUT2D eigenvalue weighted by molar-refractivity contribution is 6.36. The van der Waals surface area contributed by atoms with Crippen molar-refractivity contribution in [1.82, 2.24) is 9.80 Å². The number of carbonyl (C=O) groups excluding carboxylic acids is 1. The molecule has 1 heterocycles. The van der Waals surface area contributed by atoms with E-state index in [2.05, 4.69) is 4.90 Å². The van der Waals surface area contributed by atoms with Crippen LogP contribution in [0.15, 0.2) is 12.1 Å². The van der Waals surface area contributed by atoms with Gasteiger partial charge in [-0.15, -0.1) is 0 Å². The van der Waals surface area contributed by atoms with Crippen LogP contribution in [-0.4, -0.2) is 54.3 Å². The molecule has 1 aliphatic heterocycles. The monoisotopic (exact) mass is 442 g/mol. The van der Waals surface area contributed by atoms with E-state index in [0.29, 0.717) is 28.3 Å². The van der Waals surface area contributed by atoms with E-state index in [0.717, 1.165) is 38.0 Å². The summed E-state index contributed by atoms with van der Waals surface area (Å²) in [7, 11) is 1.76. The molecule has 1 saturated carbocycles. The van der Waals surface area contributed by atoms with Crippen LogP contribution in [0.4, 0.5) is 4.79 Å². The summed E-state index contributed by atoms with van der Waals surface area (Å²) in [5, 5.41) is 1.31. The Labute approximate surface area is 184 Å². The minimum Gasteiger partial charge on any atom is -0.489 e. The zero-order chi connectivity index (χ0) is 21.2. The van der Waals surface area contributed by atoms with E-state index in [9.17, 15) is 4.79 Å². The minimum atomic E-state index is -0.283. The second-order valence-electron chi connectivity index (χ2n) is 9.21. The normalized spacial score (nSPS) is 22.3. The lowest BCUT2D eigenvalue weighted by atomic mass is 9.83. The number of hydrogen-bond donors (Lipinski definition) is 0. The molecule has 1 amide bonds. The molecule has 29 heavy (non-hydrogen) atoms. The van der Waals surface area contributed by atoms with Crippen molar-refractivity contribution in [3.63, 3.8) is 0 Å². The van der Waals surface area contributed by atoms with Crippen molar-refractivity contribution >= 4 is 29.3 Å². The van der Waals surface area contributed by atoms with Gasteiger partial charge in [0.2, 0.25) is 0 Å². The summed E-state index contributed by atoms with van der Waals surface area (Å²) >= 11 is 13.0. The van der Waals surface area contributed by atoms with Crippen LogP contribution in [0.3, 0.4) is 0 Å². The molecule has 0 atom stereocenters. The molecule has 1 aromatic rings. The molecule has 1 aromatic carbocycles. The van der Waals surface area contributed by atoms with Gasteiger partial charge in [0.25, 0.3) is 0 Å². The van der Waals surface area contributed by atoms with E-state index >= 15 is 0 Å². The van der Waals surface area contributed by atoms with Crippen molar-refractivity contribution in [3.05, 3.63) is 27.7 Å². The van der Waals surface area contributed by atoms with E-state index in [-0.39, 0.29) is 17.7 Å². The predicted octanol–water partition coefficient (Wildman–Crippen LogP) is 5.61. The van der Waals surface area contributed by atoms with Gasteiger partial charge < -0.3 is 14.4 Å². The maximum Gasteiger partial charge on any atom is 0.409 e. The Hall–Kier alpha value is -1.17. The smallest absolute Gasteiger partial charge is 0.409 e. The summed E-state index contributed by atoms with van der Waals surface area (Å²) in [5.74, 6) is 1.02. The van der Waals surface area contributed by atoms with Gasteiger partial charge >= 0.3 is 6.09 Å². The average molecular weight is 443 g/mol. The quantitative estimate of drug-likeness (QED) is 0.573. The number of likely N-dealkylation sites (tertiary alicyclic amines) is 1. The van der Waals surface area contributed by atoms with E-state index in [1.807, 2.05) is 32.9 Å². The SMILES string of the molecule is CN(C(=O)OCC1CC(Oc2ccc(Cl)c(CN3CCCC3)c2Cl)C1)C(C)(C)C. The molecular formula is C22H32Cl2N2O3. The highest BCUT2D eigenvalue weighted by Crippen LogP contribution is 2.39. The summed E-state index contributed by atoms with van der Waals surface area (Å²) < 4.78 is 11.6. The van der Waals surface area contributed by atoms with Gasteiger partial charge in [-0.25, -0.2) is 4.79 Å². The van der Waals surface area contributed by atoms with Crippen LogP contribution in [0, 0.1) is 5.92 Å². The Morgan fingerprint density at radius 3 is 2.48 bits per heavy atom. The van der Waals surface area contributed by atoms with Crippen LogP contribution in [0.1, 0.15) is 52.0 Å². The van der Waals surface area contributed by atoms with E-state index in [1.54, 1.807) is 11.9 Å². The standard InChI is InChI=1S/C22H32Cl2N2O3/c1-22(2,3)25(4)21(27)28-14-15-11-16(12-15)29-19-8-7-18(23)17(20(19)24)13-26-9-5-6-10-26/h7-8,15-16H,5-6,9-14H2,1-4H3. The Morgan fingerprint density at radius 2 is 1.86 bits per heavy atom. The van der Waals surface area contributed by atoms with Gasteiger partial charge in [-0.1, -0.05) is 23.2 Å². The Balaban J connectivity index is 1.48. The first-order valence-electron chi connectivity index (χ1n) is 10.4. The molecule has 7 heteroatoms. The summed E-state index contributed by atoms with van der Waals surface area (Å²) in [5.41, 5.74) is 0.697. The van der Waals surface area contributed by atoms with Crippen LogP contribution in [0.5, 0.6) is 5.75 Å². The maximum absolute atomic E-state index is 12.1. The lowest BCUT2D eigenvalue weighted by molar-refractivity contribution is 0.00983. The number of rotatable bonds is 6. The third-order valence-electron chi connectivity index (χ3n) is 5.94. The Kier molecular flexibility index (Phi) is 7.23. The van der Waals surface area contributed by atoms with Crippen molar-refractivity contribution in [3.8, 4) is 5.75 Å². The average Bonchev–Trinajstić information content (AvgIpc) is 3.13. The first kappa shape index (κ1) is 22.5. The zero-order valence-electron chi connectivity index (χ0n) is 17.8. The molecule has 1 aliphatic carbocycles. The van der Waals surface area contributed by atoms with Crippen molar-refractivity contribution in [2.45, 2.75) is 64.6 Å². The van der Waals surface area contributed by atoms with Crippen molar-refractivity contribution in [1.29, 1.82) is 0 Å². The molecule has 3 rings (SSSR count). The molecule has 1 saturated heterocycles. The number of amides is 1. The molecule has 162 valence electrons. The van der Waals surface area contributed by atoms with Gasteiger partial charge in [0.1, 0.15) is 5.75 Å². The van der Waals surface area contributed by atoms with Gasteiger partial charge in [0.15, 0.2) is 0 Å². The number of carbonyl (C=O) groups is 1. The molecule has 0 spiro atoms. The minimum absolute atomic E-state index is 0.0948. The highest BCUT2D eigenvalue weighted by atomic mass is 35.5. The number of ether oxygens (including phenoxy) is 2. The number of halogens is 2. The molecule has 0 radical (unpaired) electrons. The fourth-order valence-electron chi connectivity index (χ4n) is 3.62. The van der Waals surface area contributed by atoms with Crippen LogP contribution in [0.2, 0.25) is 10.0 Å². The summed E-state index contributed by atoms with van der Waals surface area (Å²) in [6, 6.07) is 3.72. The van der Waals surface area contributed by atoms with Crippen molar-refractivity contribution < 1.29 is 14.3 Å². The Morgan fingerprint density at radius 1 is 1.21 bits per heavy atom. The third kappa shape index (κ3) is 5.71. The van der Waals surface area contributed by atoms with Crippen LogP contribution >= 0.6 is 23.2 Å². The van der Waals surface area contributed by atoms with Gasteiger partial charge in [0, 0.05) is 35.6 Å². The Bertz CT molecular complexity index is 724. The summed E-state index contributed by atoms with van der Waals surface area (Å²) in [4.78, 5) is 16.1. The molecule has 2 fully saturated rings. The number of hydrogen-bond acceptors (Lipinski definition) is 4. The fourth-order valence-corrected chi connectivity index (χ4v) is 4.16. The van der Waals surface area contributed by atoms with E-state index in [4.69, 9.17) is 32.7 Å². The van der Waals surface area contributed by atoms with Crippen molar-refractivity contribution in [2.24, 2.45) is 5.92 Å². The third-order valence-corrected chi connectivity index (χ3v) is 6.71. The van der Waals surface area contributed by atoms with Gasteiger partial charge in [0.05, 0.1) is 17.7 Å². The maximum atomic E-state index is 12.1. The van der Waals surface area contributed by atoms with E-state index in [1.165, 1.54) is 12.8 Å². The first-order chi connectivity index (χ1) is 13.6. The fraction of sp³-hybridized carbons (Fsp3) is 0.682. The van der Waals surface area contributed by atoms with E-state index < -0.39 is 0 Å². The molecular weight excluding hydrogens is 411 g/mol. The van der Waals surface area contributed by atoms with Crippen LogP contribution in [0.25, 0.3) is 0 Å². The van der Waals surface area contributed by atoms with Crippen LogP contribution in [-0.2, 0) is 11.3 Å². The lowest BCUT2D eigenvalue weighted by Gasteiger charge is -2.36. The second kappa shape index (κ2) is 9.32. The number of nitrogens with zero attached hydrogens (tertiary/aromatic N) is 2. The van der Waals surface area contributed by atoms with Gasteiger partial charge in [-0.05, 0) is 71.7 Å². The first-order valence-corrected chi connectivity index (χ1v) is 11.2. The molecule has 0 unspecified atom stereocenters. The highest BCUT2D eigenvalue weighted by Gasteiger charge is 2.33. The summed E-state index contributed by atoms with van der Waals surface area (Å²) in [6.45, 7) is 9.31. The molecule has 0 N–H and O–H groups in total. The summed E-state index contributed by atoms with van der Waals surface area (Å²) in [6.07, 6.45) is 3.97. The van der Waals surface area contributed by atoms with Crippen molar-refractivity contribution in [2.75, 3.05) is 26.7 Å². The second-order valence-corrected chi connectivity index (χ2v) is 9.99.